The molecule has 2 aromatic heterocycles. The lowest BCUT2D eigenvalue weighted by Crippen LogP contribution is -2.20. The number of phenols is 1. The first kappa shape index (κ1) is 26.5. The van der Waals surface area contributed by atoms with E-state index >= 15 is 0 Å². The Balaban J connectivity index is 1.69. The zero-order valence-corrected chi connectivity index (χ0v) is 22.6. The summed E-state index contributed by atoms with van der Waals surface area (Å²) in [5, 5.41) is 30.7. The van der Waals surface area contributed by atoms with Gasteiger partial charge in [-0.25, -0.2) is 10.1 Å². The van der Waals surface area contributed by atoms with Crippen molar-refractivity contribution in [1.82, 2.24) is 30.7 Å². The molecule has 2 heterocycles. The highest BCUT2D eigenvalue weighted by Crippen LogP contribution is 2.39. The molecule has 0 aliphatic rings. The minimum atomic E-state index is -0.580. The molecule has 11 nitrogen and oxygen atoms in total. The number of nitrogens with one attached hydrogen (secondary N) is 1. The van der Waals surface area contributed by atoms with E-state index in [1.54, 1.807) is 0 Å². The van der Waals surface area contributed by atoms with Crippen LogP contribution in [0, 0.1) is 6.92 Å². The number of carbonyl (C=O) groups excluding carboxylic acids is 1. The molecule has 0 aliphatic carbocycles. The van der Waals surface area contributed by atoms with Crippen molar-refractivity contribution >= 4 is 17.9 Å². The average Bonchev–Trinajstić information content (AvgIpc) is 3.45. The predicted octanol–water partition coefficient (Wildman–Crippen LogP) is 4.27. The number of nitrogen functional groups attached to an aromatic ring is 1. The number of hydrazone groups is 1. The first-order valence-corrected chi connectivity index (χ1v) is 12.1. The molecule has 2 aromatic carbocycles. The maximum atomic E-state index is 13.2. The Labute approximate surface area is 220 Å². The van der Waals surface area contributed by atoms with Crippen LogP contribution in [0.5, 0.6) is 5.75 Å². The molecule has 0 saturated carbocycles. The van der Waals surface area contributed by atoms with Crippen molar-refractivity contribution in [2.24, 2.45) is 5.10 Å². The van der Waals surface area contributed by atoms with E-state index in [9.17, 15) is 9.90 Å². The van der Waals surface area contributed by atoms with Gasteiger partial charge in [-0.3, -0.25) is 4.79 Å². The highest BCUT2D eigenvalue weighted by Gasteiger charge is 2.27. The third-order valence-electron chi connectivity index (χ3n) is 6.03. The number of nitrogens with zero attached hydrogens (tertiary/aromatic N) is 6. The largest absolute Gasteiger partial charge is 0.507 e. The van der Waals surface area contributed by atoms with E-state index in [4.69, 9.17) is 10.4 Å². The molecule has 198 valence electrons. The molecule has 0 bridgehead atoms. The van der Waals surface area contributed by atoms with Gasteiger partial charge >= 0.3 is 0 Å². The fourth-order valence-electron chi connectivity index (χ4n) is 3.98. The summed E-state index contributed by atoms with van der Waals surface area (Å²) in [4.78, 5) is 13.2. The number of anilines is 1. The minimum Gasteiger partial charge on any atom is -0.507 e. The SMILES string of the molecule is Cc1ccc(-c2c(C(=O)N/N=C\c3cc(C(C)(C)C)c(O)c(C(C)(C)C)c3)nnn2-c2nonc2N)cc1. The van der Waals surface area contributed by atoms with Gasteiger partial charge in [0.1, 0.15) is 11.4 Å². The van der Waals surface area contributed by atoms with Gasteiger partial charge in [0.15, 0.2) is 5.69 Å². The normalized spacial score (nSPS) is 12.3. The van der Waals surface area contributed by atoms with Gasteiger partial charge < -0.3 is 10.8 Å². The Morgan fingerprint density at radius 3 is 2.18 bits per heavy atom. The van der Waals surface area contributed by atoms with Crippen LogP contribution in [0.1, 0.15) is 74.3 Å². The van der Waals surface area contributed by atoms with E-state index in [-0.39, 0.29) is 33.9 Å². The third kappa shape index (κ3) is 5.26. The maximum absolute atomic E-state index is 13.2. The van der Waals surface area contributed by atoms with Gasteiger partial charge in [0.2, 0.25) is 11.6 Å². The Bertz CT molecular complexity index is 1470. The Kier molecular flexibility index (Phi) is 6.79. The van der Waals surface area contributed by atoms with Gasteiger partial charge in [-0.15, -0.1) is 5.10 Å². The second-order valence-electron chi connectivity index (χ2n) is 11.2. The monoisotopic (exact) mass is 516 g/mol. The van der Waals surface area contributed by atoms with Crippen molar-refractivity contribution in [2.75, 3.05) is 5.73 Å². The number of nitrogens with two attached hydrogens (primary N) is 1. The topological polar surface area (TPSA) is 157 Å². The summed E-state index contributed by atoms with van der Waals surface area (Å²) >= 11 is 0. The summed E-state index contributed by atoms with van der Waals surface area (Å²) in [5.41, 5.74) is 12.2. The van der Waals surface area contributed by atoms with Crippen molar-refractivity contribution in [3.05, 3.63) is 64.3 Å². The number of hydrogen-bond donors (Lipinski definition) is 3. The van der Waals surface area contributed by atoms with E-state index in [0.717, 1.165) is 22.3 Å². The van der Waals surface area contributed by atoms with E-state index in [0.29, 0.717) is 11.3 Å². The number of aromatic hydroxyl groups is 1. The number of aromatic nitrogens is 5. The smallest absolute Gasteiger partial charge is 0.294 e. The molecular weight excluding hydrogens is 484 g/mol. The third-order valence-corrected chi connectivity index (χ3v) is 6.03. The molecule has 0 aliphatic heterocycles. The number of benzene rings is 2. The number of hydrogen-bond acceptors (Lipinski definition) is 9. The minimum absolute atomic E-state index is 0.00451. The summed E-state index contributed by atoms with van der Waals surface area (Å²) in [6.45, 7) is 14.2. The Hall–Kier alpha value is -4.54. The lowest BCUT2D eigenvalue weighted by atomic mass is 9.78. The van der Waals surface area contributed by atoms with Crippen LogP contribution in [0.3, 0.4) is 0 Å². The first-order chi connectivity index (χ1) is 17.8. The van der Waals surface area contributed by atoms with Gasteiger partial charge in [0, 0.05) is 16.7 Å². The van der Waals surface area contributed by atoms with E-state index < -0.39 is 5.91 Å². The van der Waals surface area contributed by atoms with Crippen molar-refractivity contribution < 1.29 is 14.5 Å². The molecule has 0 unspecified atom stereocenters. The quantitative estimate of drug-likeness (QED) is 0.262. The summed E-state index contributed by atoms with van der Waals surface area (Å²) < 4.78 is 6.02. The van der Waals surface area contributed by atoms with Gasteiger partial charge in [0.05, 0.1) is 6.21 Å². The van der Waals surface area contributed by atoms with Crippen LogP contribution in [0.2, 0.25) is 0 Å². The van der Waals surface area contributed by atoms with Crippen LogP contribution in [0.4, 0.5) is 5.82 Å². The number of aryl methyl sites for hydroxylation is 1. The summed E-state index contributed by atoms with van der Waals surface area (Å²) in [6, 6.07) is 11.2. The highest BCUT2D eigenvalue weighted by molar-refractivity contribution is 5.98. The van der Waals surface area contributed by atoms with Crippen LogP contribution in [0.25, 0.3) is 17.1 Å². The van der Waals surface area contributed by atoms with Gasteiger partial charge in [-0.2, -0.15) is 9.78 Å². The summed E-state index contributed by atoms with van der Waals surface area (Å²) in [5.74, 6) is -0.190. The molecule has 4 aromatic rings. The zero-order valence-electron chi connectivity index (χ0n) is 22.6. The molecule has 4 N–H and O–H groups in total. The van der Waals surface area contributed by atoms with Crippen molar-refractivity contribution in [3.8, 4) is 22.8 Å². The molecular formula is C27H32N8O3. The first-order valence-electron chi connectivity index (χ1n) is 12.1. The zero-order chi connectivity index (χ0) is 27.8. The van der Waals surface area contributed by atoms with Gasteiger partial charge in [-0.05, 0) is 45.8 Å². The Morgan fingerprint density at radius 1 is 1.05 bits per heavy atom. The van der Waals surface area contributed by atoms with Crippen LogP contribution >= 0.6 is 0 Å². The maximum Gasteiger partial charge on any atom is 0.294 e. The lowest BCUT2D eigenvalue weighted by molar-refractivity contribution is 0.0950. The molecule has 38 heavy (non-hydrogen) atoms. The van der Waals surface area contributed by atoms with Crippen LogP contribution < -0.4 is 11.2 Å². The highest BCUT2D eigenvalue weighted by atomic mass is 16.6. The molecule has 0 spiro atoms. The number of amides is 1. The van der Waals surface area contributed by atoms with E-state index in [2.05, 4.69) is 31.2 Å². The van der Waals surface area contributed by atoms with Gasteiger partial charge in [0.25, 0.3) is 5.91 Å². The Morgan fingerprint density at radius 2 is 1.66 bits per heavy atom. The summed E-state index contributed by atoms with van der Waals surface area (Å²) in [7, 11) is 0. The molecule has 4 rings (SSSR count). The fraction of sp³-hybridized carbons (Fsp3) is 0.333. The molecule has 0 atom stereocenters. The second-order valence-corrected chi connectivity index (χ2v) is 11.2. The molecule has 0 radical (unpaired) electrons. The van der Waals surface area contributed by atoms with Crippen molar-refractivity contribution in [1.29, 1.82) is 0 Å². The number of carbonyl (C=O) groups is 1. The van der Waals surface area contributed by atoms with E-state index in [1.807, 2.05) is 84.9 Å². The fourth-order valence-corrected chi connectivity index (χ4v) is 3.98. The molecule has 0 fully saturated rings. The van der Waals surface area contributed by atoms with Crippen LogP contribution in [-0.2, 0) is 10.8 Å². The number of phenolic OH excluding ortho intramolecular Hbond substituents is 1. The van der Waals surface area contributed by atoms with Crippen LogP contribution in [0.15, 0.2) is 46.1 Å². The van der Waals surface area contributed by atoms with Crippen LogP contribution in [-0.4, -0.2) is 42.5 Å². The summed E-state index contributed by atoms with van der Waals surface area (Å²) in [6.07, 6.45) is 1.54. The van der Waals surface area contributed by atoms with Crippen molar-refractivity contribution in [3.63, 3.8) is 0 Å². The second kappa shape index (κ2) is 9.73. The van der Waals surface area contributed by atoms with Gasteiger partial charge in [-0.1, -0.05) is 76.6 Å². The average molecular weight is 517 g/mol. The van der Waals surface area contributed by atoms with Crippen molar-refractivity contribution in [2.45, 2.75) is 59.3 Å². The number of rotatable bonds is 5. The molecule has 0 saturated heterocycles. The molecule has 1 amide bonds. The molecule has 11 heteroatoms. The standard InChI is InChI=1S/C27H32N8O3/c1-15-8-10-17(11-9-15)21-20(30-34-35(21)24-23(28)32-38-33-24)25(37)31-29-14-16-12-18(26(2,3)4)22(36)19(13-16)27(5,6)7/h8-14,36H,1-7H3,(H2,28,32)(H,31,37)/b29-14-. The van der Waals surface area contributed by atoms with E-state index in [1.165, 1.54) is 10.9 Å². The lowest BCUT2D eigenvalue weighted by Gasteiger charge is -2.27. The predicted molar refractivity (Wildman–Crippen MR) is 144 cm³/mol.